The second-order valence-corrected chi connectivity index (χ2v) is 5.66. The third-order valence-corrected chi connectivity index (χ3v) is 3.35. The van der Waals surface area contributed by atoms with Crippen molar-refractivity contribution in [2.45, 2.75) is 24.9 Å². The molecule has 0 radical (unpaired) electrons. The van der Waals surface area contributed by atoms with Crippen molar-refractivity contribution in [2.24, 2.45) is 32.9 Å². The highest BCUT2D eigenvalue weighted by Crippen LogP contribution is 2.25. The van der Waals surface area contributed by atoms with Gasteiger partial charge >= 0.3 is 5.97 Å². The number of carboxylic acids is 1. The minimum Gasteiger partial charge on any atom is -0.504 e. The number of phenols is 2. The van der Waals surface area contributed by atoms with Gasteiger partial charge in [-0.15, -0.1) is 0 Å². The number of amides is 1. The molecule has 12 heteroatoms. The monoisotopic (exact) mass is 381 g/mol. The number of aliphatic carboxylic acids is 1. The second kappa shape index (κ2) is 9.70. The maximum Gasteiger partial charge on any atom is 0.326 e. The third kappa shape index (κ3) is 7.81. The summed E-state index contributed by atoms with van der Waals surface area (Å²) in [5.74, 6) is -3.12. The molecule has 1 aromatic rings. The summed E-state index contributed by atoms with van der Waals surface area (Å²) in [5.41, 5.74) is 21.5. The largest absolute Gasteiger partial charge is 0.504 e. The number of carboxylic acid groups (broad SMARTS) is 1. The molecule has 0 aliphatic carbocycles. The fourth-order valence-corrected chi connectivity index (χ4v) is 2.17. The van der Waals surface area contributed by atoms with Crippen LogP contribution in [0.1, 0.15) is 12.0 Å². The Morgan fingerprint density at radius 1 is 1.07 bits per heavy atom. The van der Waals surface area contributed by atoms with Crippen molar-refractivity contribution in [1.82, 2.24) is 5.32 Å². The van der Waals surface area contributed by atoms with Gasteiger partial charge in [-0.05, 0) is 17.7 Å². The first kappa shape index (κ1) is 21.3. The molecule has 0 bridgehead atoms. The number of carbonyl (C=O) groups excluding carboxylic acids is 1. The van der Waals surface area contributed by atoms with Gasteiger partial charge < -0.3 is 43.6 Å². The van der Waals surface area contributed by atoms with E-state index in [4.69, 9.17) is 22.9 Å². The zero-order valence-corrected chi connectivity index (χ0v) is 14.4. The summed E-state index contributed by atoms with van der Waals surface area (Å²) in [6, 6.07) is 1.81. The minimum absolute atomic E-state index is 0.0583. The average molecular weight is 381 g/mol. The highest BCUT2D eigenvalue weighted by Gasteiger charge is 2.23. The molecule has 0 saturated carbocycles. The molecule has 148 valence electrons. The van der Waals surface area contributed by atoms with Crippen LogP contribution in [0, 0.1) is 0 Å². The molecule has 27 heavy (non-hydrogen) atoms. The summed E-state index contributed by atoms with van der Waals surface area (Å²) in [4.78, 5) is 31.2. The zero-order chi connectivity index (χ0) is 20.6. The van der Waals surface area contributed by atoms with Gasteiger partial charge in [0.15, 0.2) is 23.4 Å². The molecular weight excluding hydrogens is 358 g/mol. The van der Waals surface area contributed by atoms with Gasteiger partial charge in [0.2, 0.25) is 5.91 Å². The van der Waals surface area contributed by atoms with Gasteiger partial charge in [-0.1, -0.05) is 6.07 Å². The van der Waals surface area contributed by atoms with E-state index in [2.05, 4.69) is 15.3 Å². The first-order valence-corrected chi connectivity index (χ1v) is 7.75. The Morgan fingerprint density at radius 3 is 2.26 bits per heavy atom. The van der Waals surface area contributed by atoms with E-state index in [9.17, 15) is 24.9 Å². The molecule has 0 aromatic heterocycles. The maximum absolute atomic E-state index is 12.2. The van der Waals surface area contributed by atoms with Crippen LogP contribution < -0.4 is 28.3 Å². The van der Waals surface area contributed by atoms with E-state index in [1.807, 2.05) is 0 Å². The topological polar surface area (TPSA) is 236 Å². The van der Waals surface area contributed by atoms with Gasteiger partial charge in [0, 0.05) is 6.42 Å². The lowest BCUT2D eigenvalue weighted by Crippen LogP contribution is -2.43. The van der Waals surface area contributed by atoms with Crippen molar-refractivity contribution in [3.63, 3.8) is 0 Å². The molecule has 1 rings (SSSR count). The molecule has 1 aromatic carbocycles. The normalized spacial score (nSPS) is 12.4. The highest BCUT2D eigenvalue weighted by atomic mass is 16.4. The van der Waals surface area contributed by atoms with E-state index in [1.165, 1.54) is 18.2 Å². The smallest absolute Gasteiger partial charge is 0.326 e. The van der Waals surface area contributed by atoms with Crippen LogP contribution in [0.4, 0.5) is 0 Å². The Morgan fingerprint density at radius 2 is 1.74 bits per heavy atom. The van der Waals surface area contributed by atoms with Crippen molar-refractivity contribution >= 4 is 23.8 Å². The Kier molecular flexibility index (Phi) is 7.67. The number of aromatic hydroxyl groups is 2. The number of benzene rings is 1. The van der Waals surface area contributed by atoms with Crippen LogP contribution in [-0.4, -0.2) is 57.7 Å². The Balaban J connectivity index is 2.81. The number of nitrogens with zero attached hydrogens (tertiary/aromatic N) is 2. The predicted molar refractivity (Wildman–Crippen MR) is 97.9 cm³/mol. The molecule has 0 aliphatic heterocycles. The van der Waals surface area contributed by atoms with Gasteiger partial charge in [-0.3, -0.25) is 9.79 Å². The molecule has 12 N–H and O–H groups in total. The molecule has 0 unspecified atom stereocenters. The van der Waals surface area contributed by atoms with Gasteiger partial charge in [0.1, 0.15) is 6.04 Å². The van der Waals surface area contributed by atoms with Gasteiger partial charge in [-0.25, -0.2) is 9.79 Å². The van der Waals surface area contributed by atoms with Gasteiger partial charge in [-0.2, -0.15) is 0 Å². The van der Waals surface area contributed by atoms with Gasteiger partial charge in [0.05, 0.1) is 19.0 Å². The van der Waals surface area contributed by atoms with Crippen LogP contribution in [0.15, 0.2) is 28.2 Å². The van der Waals surface area contributed by atoms with Crippen LogP contribution in [0.5, 0.6) is 11.5 Å². The molecule has 12 nitrogen and oxygen atoms in total. The van der Waals surface area contributed by atoms with Crippen LogP contribution in [0.25, 0.3) is 0 Å². The molecule has 1 amide bonds. The number of hydrogen-bond acceptors (Lipinski definition) is 6. The summed E-state index contributed by atoms with van der Waals surface area (Å²) < 4.78 is 0. The number of hydrogen-bond donors (Lipinski definition) is 8. The second-order valence-electron chi connectivity index (χ2n) is 5.66. The van der Waals surface area contributed by atoms with Crippen LogP contribution in [0.2, 0.25) is 0 Å². The minimum atomic E-state index is -1.28. The molecule has 0 aliphatic rings. The van der Waals surface area contributed by atoms with Crippen molar-refractivity contribution in [1.29, 1.82) is 0 Å². The molecule has 0 spiro atoms. The summed E-state index contributed by atoms with van der Waals surface area (Å²) in [5, 5.41) is 30.4. The summed E-state index contributed by atoms with van der Waals surface area (Å²) >= 11 is 0. The molecule has 0 fully saturated rings. The van der Waals surface area contributed by atoms with Crippen molar-refractivity contribution in [2.75, 3.05) is 6.54 Å². The lowest BCUT2D eigenvalue weighted by Gasteiger charge is -2.17. The number of aliphatic imine (C=N–C) groups is 2. The van der Waals surface area contributed by atoms with Crippen molar-refractivity contribution < 1.29 is 24.9 Å². The van der Waals surface area contributed by atoms with Gasteiger partial charge in [0.25, 0.3) is 0 Å². The Labute approximate surface area is 154 Å². The van der Waals surface area contributed by atoms with E-state index < -0.39 is 29.7 Å². The number of rotatable bonds is 9. The molecule has 0 heterocycles. The lowest BCUT2D eigenvalue weighted by molar-refractivity contribution is -0.141. The predicted octanol–water partition coefficient (Wildman–Crippen LogP) is -2.48. The highest BCUT2D eigenvalue weighted by molar-refractivity contribution is 5.84. The number of phenolic OH excluding ortho intramolecular Hbond substituents is 2. The van der Waals surface area contributed by atoms with E-state index in [-0.39, 0.29) is 37.1 Å². The van der Waals surface area contributed by atoms with E-state index in [0.717, 1.165) is 0 Å². The van der Waals surface area contributed by atoms with E-state index >= 15 is 0 Å². The van der Waals surface area contributed by atoms with Crippen molar-refractivity contribution in [3.05, 3.63) is 23.8 Å². The third-order valence-electron chi connectivity index (χ3n) is 3.35. The van der Waals surface area contributed by atoms with E-state index in [0.29, 0.717) is 5.56 Å². The van der Waals surface area contributed by atoms with E-state index in [1.54, 1.807) is 0 Å². The average Bonchev–Trinajstić information content (AvgIpc) is 2.54. The first-order valence-electron chi connectivity index (χ1n) is 7.75. The number of guanidine groups is 2. The zero-order valence-electron chi connectivity index (χ0n) is 14.4. The molecule has 0 saturated heterocycles. The Bertz CT molecular complexity index is 742. The molecule has 2 atom stereocenters. The number of carbonyl (C=O) groups is 2. The first-order chi connectivity index (χ1) is 12.6. The van der Waals surface area contributed by atoms with Crippen LogP contribution >= 0.6 is 0 Å². The number of nitrogens with one attached hydrogen (secondary N) is 1. The van der Waals surface area contributed by atoms with Crippen LogP contribution in [-0.2, 0) is 16.0 Å². The SMILES string of the molecule is NC(N)=NC[C@@H](CC(=O)N[C@@H](Cc1ccc(O)c(O)c1)C(=O)O)N=C(N)N. The quantitative estimate of drug-likeness (QED) is 0.128. The summed E-state index contributed by atoms with van der Waals surface area (Å²) in [6.45, 7) is -0.0583. The molecular formula is C15H23N7O5. The number of nitrogens with two attached hydrogens (primary N) is 4. The summed E-state index contributed by atoms with van der Waals surface area (Å²) in [7, 11) is 0. The summed E-state index contributed by atoms with van der Waals surface area (Å²) in [6.07, 6.45) is -0.366. The fraction of sp³-hybridized carbons (Fsp3) is 0.333. The standard InChI is InChI=1S/C15H23N7O5/c16-14(17)20-6-8(21-15(18)19)5-12(25)22-9(13(26)27)3-7-1-2-10(23)11(24)4-7/h1-2,4,8-9,23-24H,3,5-6H2,(H,22,25)(H,26,27)(H4,16,17,20)(H4,18,19,21)/t8-,9+/m1/s1. The fourth-order valence-electron chi connectivity index (χ4n) is 2.17. The lowest BCUT2D eigenvalue weighted by atomic mass is 10.0. The Hall–Kier alpha value is -3.70. The maximum atomic E-state index is 12.2. The van der Waals surface area contributed by atoms with Crippen LogP contribution in [0.3, 0.4) is 0 Å². The van der Waals surface area contributed by atoms with Crippen molar-refractivity contribution in [3.8, 4) is 11.5 Å².